The van der Waals surface area contributed by atoms with Gasteiger partial charge in [0, 0.05) is 29.2 Å². The molecule has 3 N–H and O–H groups in total. The molecule has 2 amide bonds. The van der Waals surface area contributed by atoms with Crippen LogP contribution in [-0.4, -0.2) is 38.2 Å². The van der Waals surface area contributed by atoms with Crippen LogP contribution >= 0.6 is 0 Å². The summed E-state index contributed by atoms with van der Waals surface area (Å²) in [6, 6.07) is 21.8. The van der Waals surface area contributed by atoms with Gasteiger partial charge in [-0.25, -0.2) is 0 Å². The van der Waals surface area contributed by atoms with Crippen LogP contribution in [0.15, 0.2) is 72.8 Å². The molecule has 3 aromatic rings. The molecule has 0 bridgehead atoms. The fraction of sp³-hybridized carbons (Fsp3) is 0.231. The van der Waals surface area contributed by atoms with Crippen LogP contribution < -0.4 is 20.7 Å². The Morgan fingerprint density at radius 1 is 0.818 bits per heavy atom. The third-order valence-corrected chi connectivity index (χ3v) is 4.71. The molecule has 0 aromatic heterocycles. The number of anilines is 3. The maximum absolute atomic E-state index is 12.3. The maximum atomic E-state index is 12.3. The lowest BCUT2D eigenvalue weighted by Gasteiger charge is -2.10. The molecular formula is C26H29N3O4. The van der Waals surface area contributed by atoms with Gasteiger partial charge in [0.15, 0.2) is 0 Å². The van der Waals surface area contributed by atoms with Crippen molar-refractivity contribution in [1.29, 1.82) is 0 Å². The number of aryl methyl sites for hydroxylation is 1. The molecule has 7 heteroatoms. The third kappa shape index (κ3) is 7.97. The van der Waals surface area contributed by atoms with Crippen molar-refractivity contribution in [2.24, 2.45) is 0 Å². The number of rotatable bonds is 11. The molecule has 0 aliphatic carbocycles. The Hall–Kier alpha value is -3.84. The van der Waals surface area contributed by atoms with E-state index in [0.717, 1.165) is 17.0 Å². The van der Waals surface area contributed by atoms with E-state index in [1.165, 1.54) is 0 Å². The van der Waals surface area contributed by atoms with Crippen LogP contribution in [-0.2, 0) is 9.53 Å². The first-order valence-electron chi connectivity index (χ1n) is 10.9. The van der Waals surface area contributed by atoms with Gasteiger partial charge in [0.05, 0.1) is 13.2 Å². The van der Waals surface area contributed by atoms with Crippen LogP contribution in [0.1, 0.15) is 22.8 Å². The highest BCUT2D eigenvalue weighted by Crippen LogP contribution is 2.17. The fourth-order valence-corrected chi connectivity index (χ4v) is 3.05. The molecule has 0 saturated heterocycles. The van der Waals surface area contributed by atoms with Gasteiger partial charge >= 0.3 is 0 Å². The van der Waals surface area contributed by atoms with E-state index in [0.29, 0.717) is 36.8 Å². The van der Waals surface area contributed by atoms with Gasteiger partial charge in [0.1, 0.15) is 12.4 Å². The molecule has 0 unspecified atom stereocenters. The lowest BCUT2D eigenvalue weighted by atomic mass is 10.1. The normalized spacial score (nSPS) is 10.4. The summed E-state index contributed by atoms with van der Waals surface area (Å²) in [5.41, 5.74) is 3.78. The number of ether oxygens (including phenoxy) is 2. The van der Waals surface area contributed by atoms with E-state index in [1.54, 1.807) is 42.5 Å². The highest BCUT2D eigenvalue weighted by Gasteiger charge is 2.07. The second-order valence-electron chi connectivity index (χ2n) is 7.37. The number of amides is 2. The second kappa shape index (κ2) is 12.3. The molecule has 0 spiro atoms. The van der Waals surface area contributed by atoms with Gasteiger partial charge in [-0.3, -0.25) is 9.59 Å². The molecule has 172 valence electrons. The SMILES string of the molecule is CCOCCOc1ccc(NC(=O)CNc2ccc(NC(=O)c3cccc(C)c3)cc2)cc1. The Morgan fingerprint density at radius 2 is 1.48 bits per heavy atom. The van der Waals surface area contributed by atoms with Crippen molar-refractivity contribution in [2.75, 3.05) is 42.3 Å². The fourth-order valence-electron chi connectivity index (χ4n) is 3.05. The molecular weight excluding hydrogens is 418 g/mol. The van der Waals surface area contributed by atoms with Crippen LogP contribution in [0.4, 0.5) is 17.1 Å². The Kier molecular flexibility index (Phi) is 8.85. The van der Waals surface area contributed by atoms with Gasteiger partial charge in [-0.15, -0.1) is 0 Å². The Bertz CT molecular complexity index is 1050. The smallest absolute Gasteiger partial charge is 0.255 e. The van der Waals surface area contributed by atoms with E-state index in [4.69, 9.17) is 9.47 Å². The highest BCUT2D eigenvalue weighted by molar-refractivity contribution is 6.04. The Labute approximate surface area is 194 Å². The van der Waals surface area contributed by atoms with E-state index in [2.05, 4.69) is 16.0 Å². The average Bonchev–Trinajstić information content (AvgIpc) is 2.82. The van der Waals surface area contributed by atoms with Crippen LogP contribution in [0.5, 0.6) is 5.75 Å². The van der Waals surface area contributed by atoms with E-state index < -0.39 is 0 Å². The van der Waals surface area contributed by atoms with Crippen LogP contribution in [0.3, 0.4) is 0 Å². The molecule has 0 heterocycles. The number of hydrogen-bond acceptors (Lipinski definition) is 5. The summed E-state index contributed by atoms with van der Waals surface area (Å²) in [6.07, 6.45) is 0. The van der Waals surface area contributed by atoms with Crippen molar-refractivity contribution >= 4 is 28.9 Å². The minimum Gasteiger partial charge on any atom is -0.491 e. The molecule has 0 radical (unpaired) electrons. The van der Waals surface area contributed by atoms with E-state index >= 15 is 0 Å². The quantitative estimate of drug-likeness (QED) is 0.371. The molecule has 33 heavy (non-hydrogen) atoms. The van der Waals surface area contributed by atoms with Crippen molar-refractivity contribution in [2.45, 2.75) is 13.8 Å². The van der Waals surface area contributed by atoms with Gasteiger partial charge < -0.3 is 25.4 Å². The largest absolute Gasteiger partial charge is 0.491 e. The van der Waals surface area contributed by atoms with Crippen molar-refractivity contribution < 1.29 is 19.1 Å². The van der Waals surface area contributed by atoms with Crippen LogP contribution in [0.2, 0.25) is 0 Å². The summed E-state index contributed by atoms with van der Waals surface area (Å²) < 4.78 is 10.8. The predicted molar refractivity (Wildman–Crippen MR) is 131 cm³/mol. The topological polar surface area (TPSA) is 88.7 Å². The zero-order valence-electron chi connectivity index (χ0n) is 18.9. The molecule has 0 fully saturated rings. The third-order valence-electron chi connectivity index (χ3n) is 4.71. The summed E-state index contributed by atoms with van der Waals surface area (Å²) in [7, 11) is 0. The summed E-state index contributed by atoms with van der Waals surface area (Å²) in [6.45, 7) is 5.69. The number of benzene rings is 3. The average molecular weight is 448 g/mol. The predicted octanol–water partition coefficient (Wildman–Crippen LogP) is 4.71. The Morgan fingerprint density at radius 3 is 2.18 bits per heavy atom. The summed E-state index contributed by atoms with van der Waals surface area (Å²) >= 11 is 0. The lowest BCUT2D eigenvalue weighted by Crippen LogP contribution is -2.21. The van der Waals surface area contributed by atoms with Crippen molar-refractivity contribution in [3.63, 3.8) is 0 Å². The molecule has 7 nitrogen and oxygen atoms in total. The first-order chi connectivity index (χ1) is 16.0. The second-order valence-corrected chi connectivity index (χ2v) is 7.37. The first kappa shape index (κ1) is 23.8. The van der Waals surface area contributed by atoms with Crippen LogP contribution in [0, 0.1) is 6.92 Å². The van der Waals surface area contributed by atoms with Crippen molar-refractivity contribution in [3.05, 3.63) is 83.9 Å². The van der Waals surface area contributed by atoms with E-state index in [9.17, 15) is 9.59 Å². The summed E-state index contributed by atoms with van der Waals surface area (Å²) in [5.74, 6) is 0.391. The molecule has 3 rings (SSSR count). The summed E-state index contributed by atoms with van der Waals surface area (Å²) in [4.78, 5) is 24.6. The number of nitrogens with one attached hydrogen (secondary N) is 3. The minimum atomic E-state index is -0.170. The number of carbonyl (C=O) groups excluding carboxylic acids is 2. The van der Waals surface area contributed by atoms with E-state index in [-0.39, 0.29) is 18.4 Å². The van der Waals surface area contributed by atoms with Gasteiger partial charge in [-0.1, -0.05) is 17.7 Å². The molecule has 3 aromatic carbocycles. The monoisotopic (exact) mass is 447 g/mol. The number of hydrogen-bond donors (Lipinski definition) is 3. The van der Waals surface area contributed by atoms with Gasteiger partial charge in [-0.2, -0.15) is 0 Å². The van der Waals surface area contributed by atoms with Gasteiger partial charge in [0.2, 0.25) is 5.91 Å². The molecule has 0 aliphatic heterocycles. The molecule has 0 atom stereocenters. The van der Waals surface area contributed by atoms with Crippen molar-refractivity contribution in [1.82, 2.24) is 0 Å². The van der Waals surface area contributed by atoms with Gasteiger partial charge in [-0.05, 0) is 74.5 Å². The lowest BCUT2D eigenvalue weighted by molar-refractivity contribution is -0.114. The maximum Gasteiger partial charge on any atom is 0.255 e. The molecule has 0 saturated carbocycles. The zero-order valence-corrected chi connectivity index (χ0v) is 18.9. The highest BCUT2D eigenvalue weighted by atomic mass is 16.5. The van der Waals surface area contributed by atoms with Crippen molar-refractivity contribution in [3.8, 4) is 5.75 Å². The molecule has 0 aliphatic rings. The minimum absolute atomic E-state index is 0.113. The van der Waals surface area contributed by atoms with E-state index in [1.807, 2.05) is 44.2 Å². The first-order valence-corrected chi connectivity index (χ1v) is 10.9. The summed E-state index contributed by atoms with van der Waals surface area (Å²) in [5, 5.41) is 8.78. The van der Waals surface area contributed by atoms with Crippen LogP contribution in [0.25, 0.3) is 0 Å². The zero-order chi connectivity index (χ0) is 23.5. The number of carbonyl (C=O) groups is 2. The standard InChI is InChI=1S/C26H29N3O4/c1-3-32-15-16-33-24-13-11-22(12-14-24)28-25(30)18-27-21-7-9-23(10-8-21)29-26(31)20-6-4-5-19(2)17-20/h4-14,17,27H,3,15-16,18H2,1-2H3,(H,28,30)(H,29,31). The van der Waals surface area contributed by atoms with Gasteiger partial charge in [0.25, 0.3) is 5.91 Å². The Balaban J connectivity index is 1.42.